The van der Waals surface area contributed by atoms with Crippen LogP contribution in [0.1, 0.15) is 29.8 Å². The highest BCUT2D eigenvalue weighted by molar-refractivity contribution is 6.00. The zero-order chi connectivity index (χ0) is 15.6. The SMILES string of the molecule is CC(C)C(NC(=O)CN1Cc2ccccc2C1=O)C(=O)O. The topological polar surface area (TPSA) is 86.7 Å². The van der Waals surface area contributed by atoms with Crippen molar-refractivity contribution < 1.29 is 19.5 Å². The van der Waals surface area contributed by atoms with Gasteiger partial charge < -0.3 is 15.3 Å². The Bertz CT molecular complexity index is 583. The molecule has 0 saturated carbocycles. The number of hydrogen-bond donors (Lipinski definition) is 2. The predicted octanol–water partition coefficient (Wildman–Crippen LogP) is 0.868. The third kappa shape index (κ3) is 3.21. The molecule has 6 heteroatoms. The van der Waals surface area contributed by atoms with Crippen LogP contribution in [0.2, 0.25) is 0 Å². The van der Waals surface area contributed by atoms with E-state index in [0.29, 0.717) is 12.1 Å². The van der Waals surface area contributed by atoms with E-state index >= 15 is 0 Å². The number of amides is 2. The Morgan fingerprint density at radius 1 is 1.33 bits per heavy atom. The quantitative estimate of drug-likeness (QED) is 0.842. The van der Waals surface area contributed by atoms with Crippen molar-refractivity contribution in [3.8, 4) is 0 Å². The number of carboxylic acid groups (broad SMARTS) is 1. The second-order valence-corrected chi connectivity index (χ2v) is 5.45. The maximum Gasteiger partial charge on any atom is 0.326 e. The van der Waals surface area contributed by atoms with Crippen molar-refractivity contribution in [1.82, 2.24) is 10.2 Å². The second kappa shape index (κ2) is 5.95. The second-order valence-electron chi connectivity index (χ2n) is 5.45. The van der Waals surface area contributed by atoms with Crippen molar-refractivity contribution in [1.29, 1.82) is 0 Å². The molecule has 1 aromatic carbocycles. The van der Waals surface area contributed by atoms with Gasteiger partial charge in [-0.2, -0.15) is 0 Å². The highest BCUT2D eigenvalue weighted by atomic mass is 16.4. The lowest BCUT2D eigenvalue weighted by atomic mass is 10.0. The van der Waals surface area contributed by atoms with Gasteiger partial charge in [0.1, 0.15) is 12.6 Å². The third-order valence-electron chi connectivity index (χ3n) is 3.48. The van der Waals surface area contributed by atoms with E-state index in [-0.39, 0.29) is 18.4 Å². The Balaban J connectivity index is 1.99. The number of aliphatic carboxylic acids is 1. The summed E-state index contributed by atoms with van der Waals surface area (Å²) < 4.78 is 0. The minimum Gasteiger partial charge on any atom is -0.480 e. The molecule has 0 radical (unpaired) electrons. The monoisotopic (exact) mass is 290 g/mol. The summed E-state index contributed by atoms with van der Waals surface area (Å²) in [5.41, 5.74) is 1.48. The van der Waals surface area contributed by atoms with E-state index in [1.807, 2.05) is 12.1 Å². The Kier molecular flexibility index (Phi) is 4.26. The van der Waals surface area contributed by atoms with Gasteiger partial charge in [0, 0.05) is 12.1 Å². The molecule has 1 unspecified atom stereocenters. The number of carbonyl (C=O) groups excluding carboxylic acids is 2. The third-order valence-corrected chi connectivity index (χ3v) is 3.48. The van der Waals surface area contributed by atoms with Crippen LogP contribution < -0.4 is 5.32 Å². The minimum atomic E-state index is -1.07. The molecule has 2 amide bonds. The zero-order valence-electron chi connectivity index (χ0n) is 12.0. The Morgan fingerprint density at radius 3 is 2.57 bits per heavy atom. The highest BCUT2D eigenvalue weighted by Crippen LogP contribution is 2.21. The minimum absolute atomic E-state index is 0.135. The molecule has 112 valence electrons. The van der Waals surface area contributed by atoms with Gasteiger partial charge in [0.25, 0.3) is 5.91 Å². The number of nitrogens with zero attached hydrogens (tertiary/aromatic N) is 1. The molecule has 0 aromatic heterocycles. The number of rotatable bonds is 5. The van der Waals surface area contributed by atoms with Crippen LogP contribution in [0, 0.1) is 5.92 Å². The fourth-order valence-corrected chi connectivity index (χ4v) is 2.35. The number of nitrogens with one attached hydrogen (secondary N) is 1. The Morgan fingerprint density at radius 2 is 2.00 bits per heavy atom. The van der Waals surface area contributed by atoms with Crippen molar-refractivity contribution in [2.45, 2.75) is 26.4 Å². The molecule has 1 aliphatic rings. The van der Waals surface area contributed by atoms with Gasteiger partial charge in [0.15, 0.2) is 0 Å². The summed E-state index contributed by atoms with van der Waals surface area (Å²) in [4.78, 5) is 36.5. The van der Waals surface area contributed by atoms with Crippen LogP contribution in [0.25, 0.3) is 0 Å². The molecule has 0 saturated heterocycles. The molecule has 21 heavy (non-hydrogen) atoms. The summed E-state index contributed by atoms with van der Waals surface area (Å²) in [6.07, 6.45) is 0. The normalized spacial score (nSPS) is 15.0. The molecule has 1 heterocycles. The van der Waals surface area contributed by atoms with Crippen molar-refractivity contribution in [2.24, 2.45) is 5.92 Å². The summed E-state index contributed by atoms with van der Waals surface area (Å²) in [5, 5.41) is 11.5. The Hall–Kier alpha value is -2.37. The first-order valence-corrected chi connectivity index (χ1v) is 6.79. The number of carboxylic acids is 1. The fourth-order valence-electron chi connectivity index (χ4n) is 2.35. The fraction of sp³-hybridized carbons (Fsp3) is 0.400. The molecule has 0 bridgehead atoms. The highest BCUT2D eigenvalue weighted by Gasteiger charge is 2.30. The van der Waals surface area contributed by atoms with Crippen LogP contribution in [0.15, 0.2) is 24.3 Å². The standard InChI is InChI=1S/C15H18N2O4/c1-9(2)13(15(20)21)16-12(18)8-17-7-10-5-3-4-6-11(10)14(17)19/h3-6,9,13H,7-8H2,1-2H3,(H,16,18)(H,20,21). The zero-order valence-corrected chi connectivity index (χ0v) is 12.0. The molecule has 0 aliphatic carbocycles. The lowest BCUT2D eigenvalue weighted by molar-refractivity contribution is -0.143. The average Bonchev–Trinajstić information content (AvgIpc) is 2.73. The van der Waals surface area contributed by atoms with E-state index in [1.165, 1.54) is 4.90 Å². The van der Waals surface area contributed by atoms with E-state index in [4.69, 9.17) is 5.11 Å². The number of benzene rings is 1. The van der Waals surface area contributed by atoms with Gasteiger partial charge in [-0.25, -0.2) is 4.79 Å². The van der Waals surface area contributed by atoms with E-state index in [1.54, 1.807) is 26.0 Å². The van der Waals surface area contributed by atoms with Gasteiger partial charge in [-0.15, -0.1) is 0 Å². The van der Waals surface area contributed by atoms with Crippen LogP contribution in [0.3, 0.4) is 0 Å². The van der Waals surface area contributed by atoms with E-state index in [2.05, 4.69) is 5.32 Å². The summed E-state index contributed by atoms with van der Waals surface area (Å²) >= 11 is 0. The molecule has 2 N–H and O–H groups in total. The van der Waals surface area contributed by atoms with Crippen LogP contribution in [0.4, 0.5) is 0 Å². The average molecular weight is 290 g/mol. The van der Waals surface area contributed by atoms with Crippen LogP contribution in [-0.2, 0) is 16.1 Å². The van der Waals surface area contributed by atoms with Crippen molar-refractivity contribution in [3.05, 3.63) is 35.4 Å². The lowest BCUT2D eigenvalue weighted by Gasteiger charge is -2.20. The molecule has 0 spiro atoms. The first-order chi connectivity index (χ1) is 9.90. The Labute approximate surface area is 122 Å². The number of fused-ring (bicyclic) bond motifs is 1. The van der Waals surface area contributed by atoms with Crippen LogP contribution in [-0.4, -0.2) is 40.4 Å². The van der Waals surface area contributed by atoms with Gasteiger partial charge in [-0.05, 0) is 17.5 Å². The molecule has 1 aromatic rings. The van der Waals surface area contributed by atoms with E-state index in [9.17, 15) is 14.4 Å². The molecular weight excluding hydrogens is 272 g/mol. The summed E-state index contributed by atoms with van der Waals surface area (Å²) in [6, 6.07) is 6.25. The number of hydrogen-bond acceptors (Lipinski definition) is 3. The van der Waals surface area contributed by atoms with Gasteiger partial charge >= 0.3 is 5.97 Å². The van der Waals surface area contributed by atoms with Gasteiger partial charge in [-0.1, -0.05) is 32.0 Å². The first-order valence-electron chi connectivity index (χ1n) is 6.79. The molecule has 6 nitrogen and oxygen atoms in total. The maximum atomic E-state index is 12.1. The lowest BCUT2D eigenvalue weighted by Crippen LogP contribution is -2.48. The predicted molar refractivity (Wildman–Crippen MR) is 75.6 cm³/mol. The molecule has 1 atom stereocenters. The molecule has 0 fully saturated rings. The summed E-state index contributed by atoms with van der Waals surface area (Å²) in [5.74, 6) is -1.96. The first kappa shape index (κ1) is 15.0. The van der Waals surface area contributed by atoms with Crippen molar-refractivity contribution >= 4 is 17.8 Å². The smallest absolute Gasteiger partial charge is 0.326 e. The van der Waals surface area contributed by atoms with Gasteiger partial charge in [0.2, 0.25) is 5.91 Å². The van der Waals surface area contributed by atoms with E-state index < -0.39 is 17.9 Å². The van der Waals surface area contributed by atoms with Crippen LogP contribution in [0.5, 0.6) is 0 Å². The van der Waals surface area contributed by atoms with E-state index in [0.717, 1.165) is 5.56 Å². The molecule has 1 aliphatic heterocycles. The van der Waals surface area contributed by atoms with Gasteiger partial charge in [-0.3, -0.25) is 9.59 Å². The summed E-state index contributed by atoms with van der Waals surface area (Å²) in [6.45, 7) is 3.68. The van der Waals surface area contributed by atoms with Crippen molar-refractivity contribution in [3.63, 3.8) is 0 Å². The molecular formula is C15H18N2O4. The van der Waals surface area contributed by atoms with Crippen molar-refractivity contribution in [2.75, 3.05) is 6.54 Å². The number of carbonyl (C=O) groups is 3. The van der Waals surface area contributed by atoms with Crippen LogP contribution >= 0.6 is 0 Å². The largest absolute Gasteiger partial charge is 0.480 e. The summed E-state index contributed by atoms with van der Waals surface area (Å²) in [7, 11) is 0. The molecule has 2 rings (SSSR count). The maximum absolute atomic E-state index is 12.1. The van der Waals surface area contributed by atoms with Gasteiger partial charge in [0.05, 0.1) is 0 Å².